The minimum atomic E-state index is 0.00506. The molecule has 1 aliphatic heterocycles. The Morgan fingerprint density at radius 2 is 1.94 bits per heavy atom. The predicted molar refractivity (Wildman–Crippen MR) is 68.8 cm³/mol. The van der Waals surface area contributed by atoms with Gasteiger partial charge in [0.25, 0.3) is 0 Å². The van der Waals surface area contributed by atoms with Crippen LogP contribution in [0.1, 0.15) is 0 Å². The van der Waals surface area contributed by atoms with Gasteiger partial charge < -0.3 is 10.2 Å². The molecule has 2 amide bonds. The van der Waals surface area contributed by atoms with Crippen LogP contribution in [0.4, 0.5) is 0 Å². The number of piperazine rings is 1. The van der Waals surface area contributed by atoms with E-state index >= 15 is 0 Å². The van der Waals surface area contributed by atoms with Gasteiger partial charge in [0.05, 0.1) is 19.6 Å². The zero-order valence-electron chi connectivity index (χ0n) is 10.7. The van der Waals surface area contributed by atoms with Gasteiger partial charge in [-0.05, 0) is 0 Å². The van der Waals surface area contributed by atoms with Gasteiger partial charge in [-0.1, -0.05) is 5.92 Å². The van der Waals surface area contributed by atoms with Crippen LogP contribution in [-0.4, -0.2) is 74.5 Å². The Kier molecular flexibility index (Phi) is 6.19. The lowest BCUT2D eigenvalue weighted by Crippen LogP contribution is -2.52. The van der Waals surface area contributed by atoms with Crippen LogP contribution in [0.25, 0.3) is 0 Å². The fourth-order valence-electron chi connectivity index (χ4n) is 1.79. The molecule has 0 aliphatic carbocycles. The number of hydrogen-bond donors (Lipinski definition) is 2. The van der Waals surface area contributed by atoms with Gasteiger partial charge in [0, 0.05) is 33.2 Å². The Morgan fingerprint density at radius 1 is 1.28 bits per heavy atom. The third-order valence-electron chi connectivity index (χ3n) is 2.87. The summed E-state index contributed by atoms with van der Waals surface area (Å²) in [5, 5.41) is 5.47. The van der Waals surface area contributed by atoms with Crippen LogP contribution < -0.4 is 10.6 Å². The Bertz CT molecular complexity index is 329. The Hall–Kier alpha value is -1.58. The number of likely N-dealkylation sites (N-methyl/N-ethyl adjacent to an activating group) is 1. The van der Waals surface area contributed by atoms with Gasteiger partial charge in [-0.3, -0.25) is 19.8 Å². The van der Waals surface area contributed by atoms with Crippen LogP contribution in [0.3, 0.4) is 0 Å². The van der Waals surface area contributed by atoms with Crippen molar-refractivity contribution < 1.29 is 9.59 Å². The molecule has 0 atom stereocenters. The molecule has 0 radical (unpaired) electrons. The largest absolute Gasteiger partial charge is 0.358 e. The maximum atomic E-state index is 11.8. The summed E-state index contributed by atoms with van der Waals surface area (Å²) < 4.78 is 0. The van der Waals surface area contributed by atoms with Crippen molar-refractivity contribution in [3.05, 3.63) is 0 Å². The molecule has 1 fully saturated rings. The number of hydrogen-bond acceptors (Lipinski definition) is 4. The van der Waals surface area contributed by atoms with Crippen molar-refractivity contribution in [3.63, 3.8) is 0 Å². The van der Waals surface area contributed by atoms with Crippen LogP contribution in [0.2, 0.25) is 0 Å². The molecule has 0 unspecified atom stereocenters. The first-order chi connectivity index (χ1) is 8.67. The van der Waals surface area contributed by atoms with E-state index in [1.807, 2.05) is 4.90 Å². The molecule has 0 aromatic carbocycles. The minimum absolute atomic E-state index is 0.00506. The average Bonchev–Trinajstić information content (AvgIpc) is 2.39. The summed E-state index contributed by atoms with van der Waals surface area (Å²) in [5.74, 6) is 2.49. The summed E-state index contributed by atoms with van der Waals surface area (Å²) in [6.07, 6.45) is 5.09. The van der Waals surface area contributed by atoms with E-state index in [4.69, 9.17) is 6.42 Å². The summed E-state index contributed by atoms with van der Waals surface area (Å²) in [4.78, 5) is 26.8. The Labute approximate surface area is 108 Å². The highest BCUT2D eigenvalue weighted by molar-refractivity contribution is 5.79. The van der Waals surface area contributed by atoms with Gasteiger partial charge in [-0.2, -0.15) is 0 Å². The van der Waals surface area contributed by atoms with Crippen LogP contribution in [0, 0.1) is 12.3 Å². The van der Waals surface area contributed by atoms with Crippen LogP contribution in [0.15, 0.2) is 0 Å². The zero-order valence-corrected chi connectivity index (χ0v) is 10.7. The van der Waals surface area contributed by atoms with Crippen molar-refractivity contribution in [2.45, 2.75) is 0 Å². The number of terminal acetylenes is 1. The van der Waals surface area contributed by atoms with Crippen molar-refractivity contribution in [3.8, 4) is 12.3 Å². The zero-order chi connectivity index (χ0) is 13.4. The second-order valence-corrected chi connectivity index (χ2v) is 4.14. The fourth-order valence-corrected chi connectivity index (χ4v) is 1.79. The highest BCUT2D eigenvalue weighted by Crippen LogP contribution is 2.01. The summed E-state index contributed by atoms with van der Waals surface area (Å²) in [6.45, 7) is 3.86. The van der Waals surface area contributed by atoms with E-state index in [2.05, 4.69) is 16.6 Å². The van der Waals surface area contributed by atoms with Gasteiger partial charge >= 0.3 is 0 Å². The van der Waals surface area contributed by atoms with Crippen molar-refractivity contribution in [2.75, 3.05) is 52.9 Å². The molecule has 0 aromatic heterocycles. The summed E-state index contributed by atoms with van der Waals surface area (Å²) >= 11 is 0. The van der Waals surface area contributed by atoms with Gasteiger partial charge in [-0.15, -0.1) is 6.42 Å². The SMILES string of the molecule is C#CCNCC(=O)N1CCN(CC(=O)NC)CC1. The highest BCUT2D eigenvalue weighted by atomic mass is 16.2. The normalized spacial score (nSPS) is 16.1. The van der Waals surface area contributed by atoms with Gasteiger partial charge in [-0.25, -0.2) is 0 Å². The molecule has 1 aliphatic rings. The number of carbonyl (C=O) groups excluding carboxylic acids is 2. The monoisotopic (exact) mass is 252 g/mol. The third-order valence-corrected chi connectivity index (χ3v) is 2.87. The quantitative estimate of drug-likeness (QED) is 0.443. The molecule has 6 nitrogen and oxygen atoms in total. The number of nitrogens with zero attached hydrogens (tertiary/aromatic N) is 2. The lowest BCUT2D eigenvalue weighted by Gasteiger charge is -2.34. The Balaban J connectivity index is 2.24. The molecular formula is C12H20N4O2. The molecule has 0 bridgehead atoms. The van der Waals surface area contributed by atoms with Crippen molar-refractivity contribution in [2.24, 2.45) is 0 Å². The van der Waals surface area contributed by atoms with Gasteiger partial charge in [0.2, 0.25) is 11.8 Å². The van der Waals surface area contributed by atoms with E-state index in [9.17, 15) is 9.59 Å². The first-order valence-electron chi connectivity index (χ1n) is 6.02. The van der Waals surface area contributed by atoms with E-state index in [0.29, 0.717) is 26.2 Å². The molecule has 0 spiro atoms. The number of rotatable bonds is 5. The first kappa shape index (κ1) is 14.5. The van der Waals surface area contributed by atoms with Crippen molar-refractivity contribution in [1.82, 2.24) is 20.4 Å². The summed E-state index contributed by atoms with van der Waals surface area (Å²) in [7, 11) is 1.62. The van der Waals surface area contributed by atoms with Crippen molar-refractivity contribution in [1.29, 1.82) is 0 Å². The van der Waals surface area contributed by atoms with E-state index in [1.165, 1.54) is 0 Å². The molecule has 1 heterocycles. The number of nitrogens with one attached hydrogen (secondary N) is 2. The third kappa shape index (κ3) is 4.73. The molecule has 1 saturated heterocycles. The average molecular weight is 252 g/mol. The first-order valence-corrected chi connectivity index (χ1v) is 6.02. The van der Waals surface area contributed by atoms with E-state index < -0.39 is 0 Å². The second kappa shape index (κ2) is 7.69. The number of carbonyl (C=O) groups is 2. The molecule has 18 heavy (non-hydrogen) atoms. The van der Waals surface area contributed by atoms with Crippen LogP contribution in [0.5, 0.6) is 0 Å². The topological polar surface area (TPSA) is 64.7 Å². The van der Waals surface area contributed by atoms with E-state index in [0.717, 1.165) is 13.1 Å². The Morgan fingerprint density at radius 3 is 2.50 bits per heavy atom. The highest BCUT2D eigenvalue weighted by Gasteiger charge is 2.21. The van der Waals surface area contributed by atoms with E-state index in [1.54, 1.807) is 11.9 Å². The smallest absolute Gasteiger partial charge is 0.236 e. The van der Waals surface area contributed by atoms with Crippen molar-refractivity contribution >= 4 is 11.8 Å². The molecular weight excluding hydrogens is 232 g/mol. The summed E-state index contributed by atoms with van der Waals surface area (Å²) in [6, 6.07) is 0. The molecule has 2 N–H and O–H groups in total. The molecule has 0 saturated carbocycles. The molecule has 1 rings (SSSR count). The van der Waals surface area contributed by atoms with Gasteiger partial charge in [0.1, 0.15) is 0 Å². The molecule has 100 valence electrons. The summed E-state index contributed by atoms with van der Waals surface area (Å²) in [5.41, 5.74) is 0. The molecule has 0 aromatic rings. The van der Waals surface area contributed by atoms with Crippen LogP contribution in [-0.2, 0) is 9.59 Å². The second-order valence-electron chi connectivity index (χ2n) is 4.14. The standard InChI is InChI=1S/C12H20N4O2/c1-3-4-14-9-12(18)16-7-5-15(6-8-16)10-11(17)13-2/h1,14H,4-10H2,2H3,(H,13,17). The maximum absolute atomic E-state index is 11.8. The maximum Gasteiger partial charge on any atom is 0.236 e. The van der Waals surface area contributed by atoms with Gasteiger partial charge in [0.15, 0.2) is 0 Å². The lowest BCUT2D eigenvalue weighted by atomic mass is 10.3. The van der Waals surface area contributed by atoms with E-state index in [-0.39, 0.29) is 18.4 Å². The fraction of sp³-hybridized carbons (Fsp3) is 0.667. The lowest BCUT2D eigenvalue weighted by molar-refractivity contribution is -0.132. The molecule has 6 heteroatoms. The predicted octanol–water partition coefficient (Wildman–Crippen LogP) is -1.90. The van der Waals surface area contributed by atoms with Crippen LogP contribution >= 0.6 is 0 Å². The number of amides is 2. The minimum Gasteiger partial charge on any atom is -0.358 e.